The van der Waals surface area contributed by atoms with Crippen molar-refractivity contribution in [3.05, 3.63) is 29.3 Å². The van der Waals surface area contributed by atoms with Gasteiger partial charge in [-0.05, 0) is 26.0 Å². The summed E-state index contributed by atoms with van der Waals surface area (Å²) in [5.41, 5.74) is 0.500. The second-order valence-electron chi connectivity index (χ2n) is 3.69. The highest BCUT2D eigenvalue weighted by molar-refractivity contribution is 6.33. The van der Waals surface area contributed by atoms with Crippen molar-refractivity contribution in [3.8, 4) is 0 Å². The van der Waals surface area contributed by atoms with E-state index in [1.807, 2.05) is 6.92 Å². The Balaban J connectivity index is 2.52. The molecular weight excluding hydrogens is 254 g/mol. The molecule has 3 amide bonds. The maximum absolute atomic E-state index is 11.6. The van der Waals surface area contributed by atoms with E-state index >= 15 is 0 Å². The van der Waals surface area contributed by atoms with Crippen LogP contribution in [0.4, 0.5) is 10.5 Å². The summed E-state index contributed by atoms with van der Waals surface area (Å²) in [7, 11) is 0. The van der Waals surface area contributed by atoms with E-state index in [9.17, 15) is 9.59 Å². The Bertz CT molecular complexity index is 437. The molecule has 1 aromatic rings. The van der Waals surface area contributed by atoms with Gasteiger partial charge in [-0.15, -0.1) is 0 Å². The molecule has 0 heterocycles. The first-order chi connectivity index (χ1) is 8.54. The molecule has 0 bridgehead atoms. The minimum atomic E-state index is -0.604. The summed E-state index contributed by atoms with van der Waals surface area (Å²) in [6, 6.07) is 5.80. The molecule has 3 N–H and O–H groups in total. The van der Waals surface area contributed by atoms with Gasteiger partial charge in [0.15, 0.2) is 0 Å². The number of carbonyl (C=O) groups is 2. The topological polar surface area (TPSA) is 70.2 Å². The highest BCUT2D eigenvalue weighted by Crippen LogP contribution is 2.19. The number of para-hydroxylation sites is 1. The van der Waals surface area contributed by atoms with Crippen molar-refractivity contribution < 1.29 is 9.59 Å². The van der Waals surface area contributed by atoms with E-state index < -0.39 is 12.1 Å². The lowest BCUT2D eigenvalue weighted by molar-refractivity contribution is -0.122. The summed E-state index contributed by atoms with van der Waals surface area (Å²) in [4.78, 5) is 23.0. The van der Waals surface area contributed by atoms with Crippen LogP contribution in [-0.2, 0) is 4.79 Å². The average molecular weight is 270 g/mol. The fourth-order valence-corrected chi connectivity index (χ4v) is 1.49. The van der Waals surface area contributed by atoms with Gasteiger partial charge in [0.25, 0.3) is 0 Å². The van der Waals surface area contributed by atoms with E-state index in [1.165, 1.54) is 0 Å². The van der Waals surface area contributed by atoms with Crippen LogP contribution in [0.1, 0.15) is 13.8 Å². The highest BCUT2D eigenvalue weighted by atomic mass is 35.5. The van der Waals surface area contributed by atoms with Crippen molar-refractivity contribution >= 4 is 29.2 Å². The van der Waals surface area contributed by atoms with Crippen LogP contribution in [-0.4, -0.2) is 24.5 Å². The zero-order chi connectivity index (χ0) is 13.5. The second-order valence-corrected chi connectivity index (χ2v) is 4.10. The van der Waals surface area contributed by atoms with Crippen molar-refractivity contribution in [2.24, 2.45) is 0 Å². The Morgan fingerprint density at radius 2 is 2.00 bits per heavy atom. The van der Waals surface area contributed by atoms with Crippen LogP contribution in [0.3, 0.4) is 0 Å². The molecule has 5 nitrogen and oxygen atoms in total. The number of rotatable bonds is 4. The molecule has 0 spiro atoms. The maximum atomic E-state index is 11.6. The lowest BCUT2D eigenvalue weighted by Gasteiger charge is -2.14. The molecule has 0 unspecified atom stereocenters. The Hall–Kier alpha value is -1.75. The highest BCUT2D eigenvalue weighted by Gasteiger charge is 2.14. The lowest BCUT2D eigenvalue weighted by Crippen LogP contribution is -2.46. The van der Waals surface area contributed by atoms with Crippen LogP contribution in [0.15, 0.2) is 24.3 Å². The summed E-state index contributed by atoms with van der Waals surface area (Å²) in [6.45, 7) is 3.95. The van der Waals surface area contributed by atoms with Gasteiger partial charge in [0.2, 0.25) is 5.91 Å². The van der Waals surface area contributed by atoms with Gasteiger partial charge in [-0.1, -0.05) is 23.7 Å². The van der Waals surface area contributed by atoms with Crippen LogP contribution in [0.25, 0.3) is 0 Å². The molecule has 0 radical (unpaired) electrons. The predicted octanol–water partition coefficient (Wildman–Crippen LogP) is 1.99. The largest absolute Gasteiger partial charge is 0.355 e. The molecule has 1 atom stereocenters. The molecule has 0 aliphatic heterocycles. The van der Waals surface area contributed by atoms with Crippen LogP contribution in [0.2, 0.25) is 5.02 Å². The van der Waals surface area contributed by atoms with Crippen molar-refractivity contribution in [3.63, 3.8) is 0 Å². The minimum Gasteiger partial charge on any atom is -0.355 e. The Kier molecular flexibility index (Phi) is 5.45. The molecule has 0 aliphatic carbocycles. The van der Waals surface area contributed by atoms with Crippen LogP contribution < -0.4 is 16.0 Å². The number of benzene rings is 1. The average Bonchev–Trinajstić information content (AvgIpc) is 2.32. The predicted molar refractivity (Wildman–Crippen MR) is 71.8 cm³/mol. The summed E-state index contributed by atoms with van der Waals surface area (Å²) in [5.74, 6) is -0.230. The molecule has 1 aromatic carbocycles. The van der Waals surface area contributed by atoms with Gasteiger partial charge in [0, 0.05) is 6.54 Å². The van der Waals surface area contributed by atoms with Gasteiger partial charge < -0.3 is 16.0 Å². The molecule has 0 aromatic heterocycles. The van der Waals surface area contributed by atoms with E-state index in [4.69, 9.17) is 11.6 Å². The van der Waals surface area contributed by atoms with E-state index in [-0.39, 0.29) is 5.91 Å². The molecule has 0 aliphatic rings. The van der Waals surface area contributed by atoms with Crippen molar-refractivity contribution in [2.45, 2.75) is 19.9 Å². The number of nitrogens with one attached hydrogen (secondary N) is 3. The molecule has 18 heavy (non-hydrogen) atoms. The molecular formula is C12H16ClN3O2. The van der Waals surface area contributed by atoms with Crippen molar-refractivity contribution in [2.75, 3.05) is 11.9 Å². The zero-order valence-electron chi connectivity index (χ0n) is 10.3. The first-order valence-corrected chi connectivity index (χ1v) is 6.02. The van der Waals surface area contributed by atoms with Crippen molar-refractivity contribution in [1.29, 1.82) is 0 Å². The SMILES string of the molecule is CCNC(=O)[C@H](C)NC(=O)Nc1ccccc1Cl. The van der Waals surface area contributed by atoms with Crippen LogP contribution in [0.5, 0.6) is 0 Å². The quantitative estimate of drug-likeness (QED) is 0.782. The second kappa shape index (κ2) is 6.86. The third kappa shape index (κ3) is 4.25. The van der Waals surface area contributed by atoms with Gasteiger partial charge >= 0.3 is 6.03 Å². The summed E-state index contributed by atoms with van der Waals surface area (Å²) >= 11 is 5.90. The Morgan fingerprint density at radius 3 is 2.61 bits per heavy atom. The van der Waals surface area contributed by atoms with E-state index in [0.717, 1.165) is 0 Å². The summed E-state index contributed by atoms with van der Waals surface area (Å²) < 4.78 is 0. The van der Waals surface area contributed by atoms with Gasteiger partial charge in [-0.25, -0.2) is 4.79 Å². The number of hydrogen-bond acceptors (Lipinski definition) is 2. The van der Waals surface area contributed by atoms with E-state index in [2.05, 4.69) is 16.0 Å². The Labute approximate surface area is 111 Å². The molecule has 0 saturated heterocycles. The normalized spacial score (nSPS) is 11.5. The smallest absolute Gasteiger partial charge is 0.319 e. The molecule has 1 rings (SSSR count). The minimum absolute atomic E-state index is 0.230. The van der Waals surface area contributed by atoms with Gasteiger partial charge in [0.1, 0.15) is 6.04 Å². The molecule has 98 valence electrons. The van der Waals surface area contributed by atoms with Gasteiger partial charge in [0.05, 0.1) is 10.7 Å². The van der Waals surface area contributed by atoms with E-state index in [0.29, 0.717) is 17.3 Å². The van der Waals surface area contributed by atoms with E-state index in [1.54, 1.807) is 31.2 Å². The molecule has 0 fully saturated rings. The first kappa shape index (κ1) is 14.3. The maximum Gasteiger partial charge on any atom is 0.319 e. The zero-order valence-corrected chi connectivity index (χ0v) is 11.0. The Morgan fingerprint density at radius 1 is 1.33 bits per heavy atom. The third-order valence-corrected chi connectivity index (χ3v) is 2.54. The third-order valence-electron chi connectivity index (χ3n) is 2.21. The number of likely N-dealkylation sites (N-methyl/N-ethyl adjacent to an activating group) is 1. The molecule has 6 heteroatoms. The number of halogens is 1. The van der Waals surface area contributed by atoms with Crippen LogP contribution in [0, 0.1) is 0 Å². The fourth-order valence-electron chi connectivity index (χ4n) is 1.31. The summed E-state index contributed by atoms with van der Waals surface area (Å²) in [6.07, 6.45) is 0. The number of urea groups is 1. The number of hydrogen-bond donors (Lipinski definition) is 3. The van der Waals surface area contributed by atoms with Crippen LogP contribution >= 0.6 is 11.6 Å². The number of amides is 3. The van der Waals surface area contributed by atoms with Gasteiger partial charge in [-0.3, -0.25) is 4.79 Å². The monoisotopic (exact) mass is 269 g/mol. The first-order valence-electron chi connectivity index (χ1n) is 5.64. The molecule has 0 saturated carbocycles. The number of carbonyl (C=O) groups excluding carboxylic acids is 2. The fraction of sp³-hybridized carbons (Fsp3) is 0.333. The number of anilines is 1. The van der Waals surface area contributed by atoms with Gasteiger partial charge in [-0.2, -0.15) is 0 Å². The van der Waals surface area contributed by atoms with Crippen molar-refractivity contribution in [1.82, 2.24) is 10.6 Å². The lowest BCUT2D eigenvalue weighted by atomic mass is 10.3. The summed E-state index contributed by atoms with van der Waals surface area (Å²) in [5, 5.41) is 8.16. The standard InChI is InChI=1S/C12H16ClN3O2/c1-3-14-11(17)8(2)15-12(18)16-10-7-5-4-6-9(10)13/h4-8H,3H2,1-2H3,(H,14,17)(H2,15,16,18)/t8-/m0/s1.